The highest BCUT2D eigenvalue weighted by Gasteiger charge is 2.76. The second-order valence-corrected chi connectivity index (χ2v) is 11.8. The molecule has 1 spiro atoms. The Labute approximate surface area is 184 Å². The molecule has 3 unspecified atom stereocenters. The number of carbonyl (C=O) groups is 3. The van der Waals surface area contributed by atoms with E-state index < -0.39 is 34.2 Å². The Balaban J connectivity index is 2.14. The first-order valence-electron chi connectivity index (χ1n) is 11.1. The summed E-state index contributed by atoms with van der Waals surface area (Å²) in [6.07, 6.45) is 1.59. The third kappa shape index (κ3) is 3.34. The molecule has 0 aromatic rings. The van der Waals surface area contributed by atoms with Crippen molar-refractivity contribution in [2.75, 3.05) is 13.7 Å². The number of likely N-dealkylation sites (tertiary alicyclic amines) is 1. The van der Waals surface area contributed by atoms with E-state index in [0.717, 1.165) is 12.8 Å². The molecule has 2 bridgehead atoms. The van der Waals surface area contributed by atoms with E-state index in [-0.39, 0.29) is 41.4 Å². The minimum atomic E-state index is -0.694. The van der Waals surface area contributed by atoms with Gasteiger partial charge in [-0.15, -0.1) is 11.8 Å². The maximum Gasteiger partial charge on any atom is 0.244 e. The van der Waals surface area contributed by atoms with Gasteiger partial charge in [0.1, 0.15) is 6.04 Å². The molecule has 0 aromatic carbocycles. The molecule has 0 aliphatic carbocycles. The highest BCUT2D eigenvalue weighted by molar-refractivity contribution is 8.02. The van der Waals surface area contributed by atoms with E-state index in [1.807, 2.05) is 34.6 Å². The van der Waals surface area contributed by atoms with Crippen LogP contribution in [0.3, 0.4) is 0 Å². The van der Waals surface area contributed by atoms with Crippen LogP contribution in [-0.2, 0) is 14.4 Å². The van der Waals surface area contributed by atoms with E-state index in [0.29, 0.717) is 0 Å². The summed E-state index contributed by atoms with van der Waals surface area (Å²) in [4.78, 5) is 42.0. The molecular formula is C22H37N3O4S. The highest BCUT2D eigenvalue weighted by atomic mass is 32.2. The van der Waals surface area contributed by atoms with Gasteiger partial charge in [-0.1, -0.05) is 27.2 Å². The van der Waals surface area contributed by atoms with E-state index in [1.54, 1.807) is 23.7 Å². The molecule has 3 N–H and O–H groups in total. The Morgan fingerprint density at radius 3 is 2.47 bits per heavy atom. The van der Waals surface area contributed by atoms with Crippen molar-refractivity contribution in [3.8, 4) is 0 Å². The second-order valence-electron chi connectivity index (χ2n) is 10.3. The first kappa shape index (κ1) is 23.4. The van der Waals surface area contributed by atoms with Crippen LogP contribution in [0.5, 0.6) is 0 Å². The van der Waals surface area contributed by atoms with E-state index in [1.165, 1.54) is 0 Å². The zero-order chi connectivity index (χ0) is 22.6. The van der Waals surface area contributed by atoms with E-state index in [2.05, 4.69) is 17.6 Å². The number of thioether (sulfide) groups is 1. The molecule has 170 valence electrons. The number of amides is 3. The van der Waals surface area contributed by atoms with E-state index >= 15 is 0 Å². The maximum atomic E-state index is 13.9. The van der Waals surface area contributed by atoms with Gasteiger partial charge in [0.05, 0.1) is 29.2 Å². The standard InChI is InChI=1S/C22H37N3O4S/c1-8-11(2)13(10-26)25-17(19(28)24-21(4,5)6)22-12(3)9-14(30-22)15(18(27)23-7)16(22)20(25)29/h11-17,26H,8-10H2,1-7H3,(H,23,27)(H,24,28)/t11-,12?,13-,14+,15-,16-,17?,22?/m0/s1. The fourth-order valence-corrected chi connectivity index (χ4v) is 8.24. The van der Waals surface area contributed by atoms with Crippen molar-refractivity contribution in [2.24, 2.45) is 23.7 Å². The van der Waals surface area contributed by atoms with Crippen LogP contribution in [0.25, 0.3) is 0 Å². The zero-order valence-corrected chi connectivity index (χ0v) is 20.0. The van der Waals surface area contributed by atoms with Gasteiger partial charge in [0.25, 0.3) is 0 Å². The van der Waals surface area contributed by atoms with Gasteiger partial charge < -0.3 is 20.6 Å². The predicted octanol–water partition coefficient (Wildman–Crippen LogP) is 1.39. The van der Waals surface area contributed by atoms with Crippen LogP contribution in [-0.4, -0.2) is 69.0 Å². The predicted molar refractivity (Wildman–Crippen MR) is 118 cm³/mol. The first-order chi connectivity index (χ1) is 13.9. The molecule has 7 nitrogen and oxygen atoms in total. The first-order valence-corrected chi connectivity index (χ1v) is 12.0. The number of aliphatic hydroxyl groups excluding tert-OH is 1. The highest BCUT2D eigenvalue weighted by Crippen LogP contribution is 2.68. The number of aliphatic hydroxyl groups is 1. The van der Waals surface area contributed by atoms with Gasteiger partial charge in [0, 0.05) is 17.8 Å². The Bertz CT molecular complexity index is 724. The number of nitrogens with zero attached hydrogens (tertiary/aromatic N) is 1. The molecule has 3 fully saturated rings. The Kier molecular flexibility index (Phi) is 6.24. The molecule has 3 saturated heterocycles. The summed E-state index contributed by atoms with van der Waals surface area (Å²) in [5.41, 5.74) is -0.448. The van der Waals surface area contributed by atoms with Crippen LogP contribution in [0.15, 0.2) is 0 Å². The molecule has 3 rings (SSSR count). The molecule has 8 heteroatoms. The van der Waals surface area contributed by atoms with E-state index in [4.69, 9.17) is 0 Å². The van der Waals surface area contributed by atoms with E-state index in [9.17, 15) is 19.5 Å². The fraction of sp³-hybridized carbons (Fsp3) is 0.864. The molecule has 0 radical (unpaired) electrons. The van der Waals surface area contributed by atoms with Crippen LogP contribution in [0.2, 0.25) is 0 Å². The fourth-order valence-electron chi connectivity index (χ4n) is 5.84. The molecular weight excluding hydrogens is 402 g/mol. The van der Waals surface area contributed by atoms with Gasteiger partial charge in [0.2, 0.25) is 17.7 Å². The van der Waals surface area contributed by atoms with Crippen molar-refractivity contribution in [1.82, 2.24) is 15.5 Å². The molecule has 3 heterocycles. The Morgan fingerprint density at radius 1 is 1.33 bits per heavy atom. The van der Waals surface area contributed by atoms with Crippen LogP contribution in [0.1, 0.15) is 54.4 Å². The van der Waals surface area contributed by atoms with Crippen molar-refractivity contribution in [3.63, 3.8) is 0 Å². The number of fused-ring (bicyclic) bond motifs is 1. The Hall–Kier alpha value is -1.28. The lowest BCUT2D eigenvalue weighted by atomic mass is 9.65. The summed E-state index contributed by atoms with van der Waals surface area (Å²) < 4.78 is -0.644. The summed E-state index contributed by atoms with van der Waals surface area (Å²) in [5.74, 6) is -1.27. The number of carbonyl (C=O) groups excluding carboxylic acids is 3. The average Bonchev–Trinajstić information content (AvgIpc) is 3.24. The minimum Gasteiger partial charge on any atom is -0.394 e. The third-order valence-electron chi connectivity index (χ3n) is 7.32. The summed E-state index contributed by atoms with van der Waals surface area (Å²) in [6.45, 7) is 11.7. The molecule has 3 aliphatic heterocycles. The topological polar surface area (TPSA) is 98.7 Å². The summed E-state index contributed by atoms with van der Waals surface area (Å²) in [7, 11) is 1.60. The molecule has 30 heavy (non-hydrogen) atoms. The van der Waals surface area contributed by atoms with Crippen LogP contribution in [0.4, 0.5) is 0 Å². The van der Waals surface area contributed by atoms with Crippen molar-refractivity contribution < 1.29 is 19.5 Å². The number of hydrogen-bond donors (Lipinski definition) is 3. The van der Waals surface area contributed by atoms with Crippen molar-refractivity contribution in [1.29, 1.82) is 0 Å². The van der Waals surface area contributed by atoms with Gasteiger partial charge in [-0.25, -0.2) is 0 Å². The number of hydrogen-bond acceptors (Lipinski definition) is 5. The molecule has 3 amide bonds. The van der Waals surface area contributed by atoms with Gasteiger partial charge >= 0.3 is 0 Å². The summed E-state index contributed by atoms with van der Waals surface area (Å²) in [6, 6.07) is -1.14. The molecule has 3 aliphatic rings. The average molecular weight is 440 g/mol. The summed E-state index contributed by atoms with van der Waals surface area (Å²) in [5, 5.41) is 16.1. The monoisotopic (exact) mass is 439 g/mol. The van der Waals surface area contributed by atoms with Gasteiger partial charge in [-0.2, -0.15) is 0 Å². The Morgan fingerprint density at radius 2 is 1.97 bits per heavy atom. The van der Waals surface area contributed by atoms with Crippen molar-refractivity contribution in [3.05, 3.63) is 0 Å². The number of nitrogens with one attached hydrogen (secondary N) is 2. The van der Waals surface area contributed by atoms with Gasteiger partial charge in [-0.3, -0.25) is 14.4 Å². The molecule has 8 atom stereocenters. The maximum absolute atomic E-state index is 13.9. The van der Waals surface area contributed by atoms with Crippen LogP contribution in [0, 0.1) is 23.7 Å². The normalized spacial score (nSPS) is 37.1. The van der Waals surface area contributed by atoms with Crippen molar-refractivity contribution >= 4 is 29.5 Å². The molecule has 0 saturated carbocycles. The van der Waals surface area contributed by atoms with Crippen molar-refractivity contribution in [2.45, 2.75) is 82.0 Å². The second kappa shape index (κ2) is 8.01. The number of rotatable bonds is 6. The lowest BCUT2D eigenvalue weighted by molar-refractivity contribution is -0.144. The SMILES string of the molecule is CC[C@H](C)[C@H](CO)N1C(=O)[C@@H]2[C@@H](C(=O)NC)[C@H]3CC(C)C2(S3)C1C(=O)NC(C)(C)C. The lowest BCUT2D eigenvalue weighted by Gasteiger charge is -2.42. The third-order valence-corrected chi connectivity index (χ3v) is 9.40. The van der Waals surface area contributed by atoms with Gasteiger partial charge in [0.15, 0.2) is 0 Å². The lowest BCUT2D eigenvalue weighted by Crippen LogP contribution is -2.61. The minimum absolute atomic E-state index is 0.0371. The quantitative estimate of drug-likeness (QED) is 0.581. The molecule has 0 aromatic heterocycles. The summed E-state index contributed by atoms with van der Waals surface area (Å²) >= 11 is 1.66. The van der Waals surface area contributed by atoms with Gasteiger partial charge in [-0.05, 0) is 39.0 Å². The smallest absolute Gasteiger partial charge is 0.244 e. The zero-order valence-electron chi connectivity index (χ0n) is 19.2. The van der Waals surface area contributed by atoms with Crippen LogP contribution >= 0.6 is 11.8 Å². The largest absolute Gasteiger partial charge is 0.394 e. The van der Waals surface area contributed by atoms with Crippen LogP contribution < -0.4 is 10.6 Å².